The summed E-state index contributed by atoms with van der Waals surface area (Å²) in [4.78, 5) is 23.8. The molecule has 26 heavy (non-hydrogen) atoms. The Balaban J connectivity index is 1.51. The molecule has 1 N–H and O–H groups in total. The summed E-state index contributed by atoms with van der Waals surface area (Å²) in [5.41, 5.74) is 3.65. The number of piperidine rings is 1. The first kappa shape index (κ1) is 16.6. The maximum Gasteiger partial charge on any atom is 0.257 e. The van der Waals surface area contributed by atoms with Crippen molar-refractivity contribution in [3.8, 4) is 0 Å². The fourth-order valence-corrected chi connectivity index (χ4v) is 3.40. The highest BCUT2D eigenvalue weighted by molar-refractivity contribution is 5.98. The number of amides is 1. The Morgan fingerprint density at radius 2 is 2.00 bits per heavy atom. The van der Waals surface area contributed by atoms with E-state index in [0.717, 1.165) is 37.3 Å². The number of imidazole rings is 1. The Morgan fingerprint density at radius 3 is 2.85 bits per heavy atom. The molecule has 1 fully saturated rings. The molecule has 0 bridgehead atoms. The van der Waals surface area contributed by atoms with Gasteiger partial charge in [0.1, 0.15) is 11.5 Å². The Hall–Kier alpha value is -2.89. The first-order valence-corrected chi connectivity index (χ1v) is 9.13. The van der Waals surface area contributed by atoms with Gasteiger partial charge in [0, 0.05) is 31.7 Å². The van der Waals surface area contributed by atoms with Gasteiger partial charge in [0.25, 0.3) is 5.91 Å². The maximum atomic E-state index is 12.8. The number of likely N-dealkylation sites (tertiary alicyclic amines) is 1. The van der Waals surface area contributed by atoms with Gasteiger partial charge in [0.05, 0.1) is 17.8 Å². The second-order valence-corrected chi connectivity index (χ2v) is 6.81. The average Bonchev–Trinajstić information content (AvgIpc) is 3.08. The number of aromatic nitrogens is 3. The van der Waals surface area contributed by atoms with Crippen LogP contribution in [0.2, 0.25) is 0 Å². The summed E-state index contributed by atoms with van der Waals surface area (Å²) in [6.07, 6.45) is 9.13. The molecule has 0 aliphatic carbocycles. The molecule has 1 aliphatic rings. The van der Waals surface area contributed by atoms with Crippen LogP contribution in [0.15, 0.2) is 42.9 Å². The minimum Gasteiger partial charge on any atom is -0.364 e. The van der Waals surface area contributed by atoms with Crippen LogP contribution < -0.4 is 5.32 Å². The number of pyridine rings is 2. The van der Waals surface area contributed by atoms with Crippen LogP contribution in [0.25, 0.3) is 5.65 Å². The minimum absolute atomic E-state index is 0.0610. The summed E-state index contributed by atoms with van der Waals surface area (Å²) < 4.78 is 2.02. The first-order chi connectivity index (χ1) is 12.7. The molecule has 4 rings (SSSR count). The van der Waals surface area contributed by atoms with Gasteiger partial charge in [-0.25, -0.2) is 9.97 Å². The molecule has 0 radical (unpaired) electrons. The molecule has 0 unspecified atom stereocenters. The zero-order valence-electron chi connectivity index (χ0n) is 15.0. The van der Waals surface area contributed by atoms with E-state index in [1.807, 2.05) is 39.8 Å². The van der Waals surface area contributed by atoms with Gasteiger partial charge < -0.3 is 14.6 Å². The maximum absolute atomic E-state index is 12.8. The van der Waals surface area contributed by atoms with Crippen LogP contribution in [-0.2, 0) is 6.54 Å². The third-order valence-corrected chi connectivity index (χ3v) is 4.77. The van der Waals surface area contributed by atoms with Crippen LogP contribution in [0.4, 0.5) is 5.82 Å². The fraction of sp³-hybridized carbons (Fsp3) is 0.350. The molecule has 6 nitrogen and oxygen atoms in total. The van der Waals surface area contributed by atoms with Crippen LogP contribution in [0.5, 0.6) is 0 Å². The molecule has 0 spiro atoms. The number of carbonyl (C=O) groups excluding carboxylic acids is 1. The van der Waals surface area contributed by atoms with Crippen molar-refractivity contribution in [1.29, 1.82) is 0 Å². The normalized spacial score (nSPS) is 14.6. The van der Waals surface area contributed by atoms with Crippen molar-refractivity contribution in [2.75, 3.05) is 18.4 Å². The van der Waals surface area contributed by atoms with Crippen LogP contribution in [-0.4, -0.2) is 38.3 Å². The van der Waals surface area contributed by atoms with Crippen molar-refractivity contribution >= 4 is 17.4 Å². The summed E-state index contributed by atoms with van der Waals surface area (Å²) >= 11 is 0. The van der Waals surface area contributed by atoms with E-state index < -0.39 is 0 Å². The zero-order chi connectivity index (χ0) is 17.9. The summed E-state index contributed by atoms with van der Waals surface area (Å²) in [6.45, 7) is 4.25. The van der Waals surface area contributed by atoms with E-state index in [1.54, 1.807) is 6.20 Å². The van der Waals surface area contributed by atoms with Gasteiger partial charge in [-0.2, -0.15) is 0 Å². The Bertz CT molecular complexity index is 927. The highest BCUT2D eigenvalue weighted by Crippen LogP contribution is 2.19. The number of anilines is 1. The van der Waals surface area contributed by atoms with Crippen molar-refractivity contribution in [3.63, 3.8) is 0 Å². The van der Waals surface area contributed by atoms with Gasteiger partial charge >= 0.3 is 0 Å². The van der Waals surface area contributed by atoms with Gasteiger partial charge in [-0.3, -0.25) is 4.79 Å². The predicted octanol–water partition coefficient (Wildman–Crippen LogP) is 3.28. The van der Waals surface area contributed by atoms with Gasteiger partial charge in [-0.05, 0) is 49.9 Å². The van der Waals surface area contributed by atoms with Crippen molar-refractivity contribution in [3.05, 3.63) is 59.7 Å². The number of nitrogens with zero attached hydrogens (tertiary/aromatic N) is 4. The third kappa shape index (κ3) is 3.40. The molecule has 6 heteroatoms. The minimum atomic E-state index is 0.0610. The molecular weight excluding hydrogens is 326 g/mol. The SMILES string of the molecule is Cc1ccc2nc(CNc3ncccc3C(=O)N3CCCCC3)cn2c1. The molecule has 0 aromatic carbocycles. The van der Waals surface area contributed by atoms with Crippen LogP contribution in [0.1, 0.15) is 40.9 Å². The van der Waals surface area contributed by atoms with Crippen molar-refractivity contribution in [2.45, 2.75) is 32.7 Å². The largest absolute Gasteiger partial charge is 0.364 e. The standard InChI is InChI=1S/C20H23N5O/c1-15-7-8-18-23-16(14-25(18)13-15)12-22-19-17(6-5-9-21-19)20(26)24-10-3-2-4-11-24/h5-9,13-14H,2-4,10-12H2,1H3,(H,21,22). The summed E-state index contributed by atoms with van der Waals surface area (Å²) in [7, 11) is 0. The van der Waals surface area contributed by atoms with Gasteiger partial charge in [-0.1, -0.05) is 6.07 Å². The number of fused-ring (bicyclic) bond motifs is 1. The first-order valence-electron chi connectivity index (χ1n) is 9.13. The predicted molar refractivity (Wildman–Crippen MR) is 101 cm³/mol. The quantitative estimate of drug-likeness (QED) is 0.785. The molecule has 1 aliphatic heterocycles. The van der Waals surface area contributed by atoms with Gasteiger partial charge in [0.2, 0.25) is 0 Å². The molecule has 1 saturated heterocycles. The lowest BCUT2D eigenvalue weighted by Gasteiger charge is -2.27. The summed E-state index contributed by atoms with van der Waals surface area (Å²) in [5, 5.41) is 3.29. The molecule has 4 heterocycles. The summed E-state index contributed by atoms with van der Waals surface area (Å²) in [6, 6.07) is 7.72. The number of aryl methyl sites for hydroxylation is 1. The lowest BCUT2D eigenvalue weighted by molar-refractivity contribution is 0.0725. The number of hydrogen-bond acceptors (Lipinski definition) is 4. The second-order valence-electron chi connectivity index (χ2n) is 6.81. The van der Waals surface area contributed by atoms with Crippen molar-refractivity contribution in [2.24, 2.45) is 0 Å². The van der Waals surface area contributed by atoms with Crippen LogP contribution >= 0.6 is 0 Å². The second kappa shape index (κ2) is 7.15. The van der Waals surface area contributed by atoms with Crippen molar-refractivity contribution < 1.29 is 4.79 Å². The molecule has 3 aromatic heterocycles. The van der Waals surface area contributed by atoms with E-state index >= 15 is 0 Å². The molecule has 0 saturated carbocycles. The van der Waals surface area contributed by atoms with Gasteiger partial charge in [0.15, 0.2) is 0 Å². The topological polar surface area (TPSA) is 62.5 Å². The summed E-state index contributed by atoms with van der Waals surface area (Å²) in [5.74, 6) is 0.683. The van der Waals surface area contributed by atoms with E-state index in [4.69, 9.17) is 0 Å². The lowest BCUT2D eigenvalue weighted by atomic mass is 10.1. The smallest absolute Gasteiger partial charge is 0.257 e. The number of hydrogen-bond donors (Lipinski definition) is 1. The number of carbonyl (C=O) groups is 1. The average molecular weight is 349 g/mol. The third-order valence-electron chi connectivity index (χ3n) is 4.77. The van der Waals surface area contributed by atoms with Crippen LogP contribution in [0, 0.1) is 6.92 Å². The highest BCUT2D eigenvalue weighted by atomic mass is 16.2. The van der Waals surface area contributed by atoms with E-state index in [0.29, 0.717) is 17.9 Å². The van der Waals surface area contributed by atoms with E-state index in [1.165, 1.54) is 12.0 Å². The molecular formula is C20H23N5O. The van der Waals surface area contributed by atoms with Crippen molar-refractivity contribution in [1.82, 2.24) is 19.3 Å². The molecule has 1 amide bonds. The van der Waals surface area contributed by atoms with Gasteiger partial charge in [-0.15, -0.1) is 0 Å². The molecule has 134 valence electrons. The van der Waals surface area contributed by atoms with E-state index in [2.05, 4.69) is 28.4 Å². The van der Waals surface area contributed by atoms with E-state index in [9.17, 15) is 4.79 Å². The zero-order valence-corrected chi connectivity index (χ0v) is 15.0. The lowest BCUT2D eigenvalue weighted by Crippen LogP contribution is -2.36. The highest BCUT2D eigenvalue weighted by Gasteiger charge is 2.21. The Labute approximate surface area is 152 Å². The Morgan fingerprint density at radius 1 is 1.15 bits per heavy atom. The fourth-order valence-electron chi connectivity index (χ4n) is 3.40. The van der Waals surface area contributed by atoms with Crippen LogP contribution in [0.3, 0.4) is 0 Å². The molecule has 0 atom stereocenters. The Kier molecular flexibility index (Phi) is 4.56. The monoisotopic (exact) mass is 349 g/mol. The number of rotatable bonds is 4. The van der Waals surface area contributed by atoms with E-state index in [-0.39, 0.29) is 5.91 Å². The molecule has 3 aromatic rings. The number of nitrogens with one attached hydrogen (secondary N) is 1.